The van der Waals surface area contributed by atoms with Gasteiger partial charge in [-0.15, -0.1) is 11.3 Å². The number of aryl methyl sites for hydroxylation is 3. The number of ether oxygens (including phenoxy) is 2. The van der Waals surface area contributed by atoms with Gasteiger partial charge in [-0.3, -0.25) is 9.59 Å². The summed E-state index contributed by atoms with van der Waals surface area (Å²) in [5.74, 6) is -1.25. The van der Waals surface area contributed by atoms with E-state index < -0.39 is 23.9 Å². The number of thiophene rings is 1. The highest BCUT2D eigenvalue weighted by Crippen LogP contribution is 2.25. The van der Waals surface area contributed by atoms with Crippen molar-refractivity contribution in [2.45, 2.75) is 33.8 Å². The summed E-state index contributed by atoms with van der Waals surface area (Å²) < 4.78 is 10.7. The van der Waals surface area contributed by atoms with E-state index in [9.17, 15) is 14.4 Å². The molecule has 1 heterocycles. The molecule has 2 aromatic rings. The second kappa shape index (κ2) is 8.68. The van der Waals surface area contributed by atoms with Crippen molar-refractivity contribution in [2.75, 3.05) is 11.9 Å². The monoisotopic (exact) mass is 390 g/mol. The van der Waals surface area contributed by atoms with Gasteiger partial charge in [-0.05, 0) is 50.3 Å². The van der Waals surface area contributed by atoms with Crippen molar-refractivity contribution < 1.29 is 23.9 Å². The number of carbonyl (C=O) groups is 3. The van der Waals surface area contributed by atoms with E-state index in [1.165, 1.54) is 13.0 Å². The number of primary amides is 1. The Kier molecular flexibility index (Phi) is 6.57. The molecular weight excluding hydrogens is 368 g/mol. The van der Waals surface area contributed by atoms with Crippen LogP contribution in [-0.2, 0) is 14.3 Å². The summed E-state index contributed by atoms with van der Waals surface area (Å²) in [6, 6.07) is 5.43. The fourth-order valence-electron chi connectivity index (χ4n) is 2.62. The predicted octanol–water partition coefficient (Wildman–Crippen LogP) is 2.72. The summed E-state index contributed by atoms with van der Waals surface area (Å²) in [6.45, 7) is 6.90. The molecule has 144 valence electrons. The molecule has 0 bridgehead atoms. The molecule has 1 atom stereocenters. The average Bonchev–Trinajstić information content (AvgIpc) is 3.02. The first-order valence-electron chi connectivity index (χ1n) is 8.27. The maximum Gasteiger partial charge on any atom is 0.344 e. The number of hydrogen-bond acceptors (Lipinski definition) is 6. The molecule has 8 heteroatoms. The number of esters is 1. The lowest BCUT2D eigenvalue weighted by Gasteiger charge is -2.15. The number of carbonyl (C=O) groups excluding carboxylic acids is 3. The third-order valence-electron chi connectivity index (χ3n) is 3.78. The van der Waals surface area contributed by atoms with Gasteiger partial charge < -0.3 is 20.5 Å². The molecule has 3 N–H and O–H groups in total. The Hall–Kier alpha value is -2.87. The van der Waals surface area contributed by atoms with Crippen molar-refractivity contribution in [3.63, 3.8) is 0 Å². The summed E-state index contributed by atoms with van der Waals surface area (Å²) in [5.41, 5.74) is 8.39. The van der Waals surface area contributed by atoms with Crippen LogP contribution in [0, 0.1) is 20.8 Å². The van der Waals surface area contributed by atoms with Gasteiger partial charge in [-0.1, -0.05) is 17.7 Å². The zero-order valence-electron chi connectivity index (χ0n) is 15.6. The van der Waals surface area contributed by atoms with E-state index in [2.05, 4.69) is 5.32 Å². The molecule has 0 spiro atoms. The predicted molar refractivity (Wildman–Crippen MR) is 103 cm³/mol. The lowest BCUT2D eigenvalue weighted by atomic mass is 10.1. The molecule has 0 fully saturated rings. The number of benzene rings is 1. The summed E-state index contributed by atoms with van der Waals surface area (Å²) in [6.07, 6.45) is -1.05. The zero-order chi connectivity index (χ0) is 20.1. The van der Waals surface area contributed by atoms with Crippen molar-refractivity contribution in [2.24, 2.45) is 5.73 Å². The van der Waals surface area contributed by atoms with Gasteiger partial charge in [0.25, 0.3) is 11.8 Å². The fraction of sp³-hybridized carbons (Fsp3) is 0.316. The highest BCUT2D eigenvalue weighted by atomic mass is 32.1. The first-order chi connectivity index (χ1) is 12.7. The van der Waals surface area contributed by atoms with Gasteiger partial charge in [0.15, 0.2) is 12.7 Å². The minimum absolute atomic E-state index is 0.209. The average molecular weight is 390 g/mol. The van der Waals surface area contributed by atoms with Crippen LogP contribution in [0.4, 0.5) is 5.00 Å². The third kappa shape index (κ3) is 5.30. The van der Waals surface area contributed by atoms with Gasteiger partial charge in [0.2, 0.25) is 0 Å². The highest BCUT2D eigenvalue weighted by molar-refractivity contribution is 7.14. The van der Waals surface area contributed by atoms with E-state index in [4.69, 9.17) is 15.2 Å². The van der Waals surface area contributed by atoms with E-state index >= 15 is 0 Å². The molecule has 0 saturated heterocycles. The maximum atomic E-state index is 12.2. The fourth-order valence-corrected chi connectivity index (χ4v) is 3.42. The van der Waals surface area contributed by atoms with Crippen LogP contribution in [0.3, 0.4) is 0 Å². The molecule has 0 aliphatic rings. The van der Waals surface area contributed by atoms with Gasteiger partial charge in [-0.2, -0.15) is 0 Å². The molecule has 2 rings (SSSR count). The Labute approximate surface area is 161 Å². The first kappa shape index (κ1) is 20.4. The van der Waals surface area contributed by atoms with E-state index in [1.54, 1.807) is 5.38 Å². The molecule has 27 heavy (non-hydrogen) atoms. The topological polar surface area (TPSA) is 108 Å². The largest absolute Gasteiger partial charge is 0.481 e. The Bertz CT molecular complexity index is 852. The molecule has 0 aliphatic heterocycles. The number of nitrogens with one attached hydrogen (secondary N) is 1. The van der Waals surface area contributed by atoms with Crippen LogP contribution < -0.4 is 15.8 Å². The molecule has 0 radical (unpaired) electrons. The Morgan fingerprint density at radius 2 is 1.81 bits per heavy atom. The van der Waals surface area contributed by atoms with E-state index in [-0.39, 0.29) is 12.2 Å². The lowest BCUT2D eigenvalue weighted by molar-refractivity contribution is -0.155. The normalized spacial score (nSPS) is 11.6. The summed E-state index contributed by atoms with van der Waals surface area (Å²) in [7, 11) is 0. The Balaban J connectivity index is 1.90. The summed E-state index contributed by atoms with van der Waals surface area (Å²) in [5, 5.41) is 4.48. The smallest absolute Gasteiger partial charge is 0.344 e. The SMILES string of the molecule is Cc1cc(C)c(OCC(=O)O[C@H](C)C(=O)Nc2sccc2C(N)=O)c(C)c1. The van der Waals surface area contributed by atoms with Gasteiger partial charge >= 0.3 is 5.97 Å². The van der Waals surface area contributed by atoms with Gasteiger partial charge in [-0.25, -0.2) is 4.79 Å². The summed E-state index contributed by atoms with van der Waals surface area (Å²) >= 11 is 1.16. The van der Waals surface area contributed by atoms with Crippen molar-refractivity contribution in [1.29, 1.82) is 0 Å². The van der Waals surface area contributed by atoms with Crippen LogP contribution in [-0.4, -0.2) is 30.5 Å². The number of hydrogen-bond donors (Lipinski definition) is 2. The second-order valence-electron chi connectivity index (χ2n) is 6.17. The van der Waals surface area contributed by atoms with Crippen LogP contribution in [0.2, 0.25) is 0 Å². The molecule has 0 aliphatic carbocycles. The molecule has 0 unspecified atom stereocenters. The molecule has 2 amide bonds. The van der Waals surface area contributed by atoms with E-state index in [0.717, 1.165) is 28.0 Å². The van der Waals surface area contributed by atoms with Crippen LogP contribution in [0.1, 0.15) is 34.0 Å². The molecule has 7 nitrogen and oxygen atoms in total. The molecule has 1 aromatic heterocycles. The quantitative estimate of drug-likeness (QED) is 0.707. The van der Waals surface area contributed by atoms with Crippen LogP contribution >= 0.6 is 11.3 Å². The highest BCUT2D eigenvalue weighted by Gasteiger charge is 2.21. The lowest BCUT2D eigenvalue weighted by Crippen LogP contribution is -2.32. The molecule has 1 aromatic carbocycles. The summed E-state index contributed by atoms with van der Waals surface area (Å²) in [4.78, 5) is 35.4. The van der Waals surface area contributed by atoms with E-state index in [0.29, 0.717) is 10.8 Å². The standard InChI is InChI=1S/C19H22N2O5S/c1-10-7-11(2)16(12(3)8-10)25-9-15(22)26-13(4)18(24)21-19-14(17(20)23)5-6-27-19/h5-8,13H,9H2,1-4H3,(H2,20,23)(H,21,24)/t13-/m1/s1. The number of anilines is 1. The third-order valence-corrected chi connectivity index (χ3v) is 4.61. The second-order valence-corrected chi connectivity index (χ2v) is 7.08. The minimum Gasteiger partial charge on any atom is -0.481 e. The van der Waals surface area contributed by atoms with Gasteiger partial charge in [0.1, 0.15) is 10.8 Å². The maximum absolute atomic E-state index is 12.2. The van der Waals surface area contributed by atoms with Crippen LogP contribution in [0.5, 0.6) is 5.75 Å². The Morgan fingerprint density at radius 3 is 2.41 bits per heavy atom. The first-order valence-corrected chi connectivity index (χ1v) is 9.15. The van der Waals surface area contributed by atoms with Crippen molar-refractivity contribution in [1.82, 2.24) is 0 Å². The van der Waals surface area contributed by atoms with Crippen molar-refractivity contribution in [3.8, 4) is 5.75 Å². The van der Waals surface area contributed by atoms with E-state index in [1.807, 2.05) is 32.9 Å². The van der Waals surface area contributed by atoms with Gasteiger partial charge in [0, 0.05) is 0 Å². The minimum atomic E-state index is -1.05. The van der Waals surface area contributed by atoms with Crippen molar-refractivity contribution in [3.05, 3.63) is 45.8 Å². The zero-order valence-corrected chi connectivity index (χ0v) is 16.4. The number of rotatable bonds is 7. The van der Waals surface area contributed by atoms with Gasteiger partial charge in [0.05, 0.1) is 5.56 Å². The van der Waals surface area contributed by atoms with Crippen molar-refractivity contribution >= 4 is 34.1 Å². The van der Waals surface area contributed by atoms with Crippen LogP contribution in [0.25, 0.3) is 0 Å². The van der Waals surface area contributed by atoms with Crippen LogP contribution in [0.15, 0.2) is 23.6 Å². The molecule has 0 saturated carbocycles. The Morgan fingerprint density at radius 1 is 1.19 bits per heavy atom. The number of nitrogens with two attached hydrogens (primary N) is 1. The number of amides is 2. The molecular formula is C19H22N2O5S.